The summed E-state index contributed by atoms with van der Waals surface area (Å²) in [7, 11) is -0.744. The van der Waals surface area contributed by atoms with E-state index in [4.69, 9.17) is 18.6 Å². The van der Waals surface area contributed by atoms with Gasteiger partial charge in [-0.2, -0.15) is 0 Å². The monoisotopic (exact) mass is 480 g/mol. The summed E-state index contributed by atoms with van der Waals surface area (Å²) in [6, 6.07) is 21.9. The van der Waals surface area contributed by atoms with Crippen LogP contribution in [0.3, 0.4) is 0 Å². The largest absolute Gasteiger partial charge is 0.494 e. The maximum atomic E-state index is 6.33. The molecule has 2 aliphatic rings. The molecular formula is C30H34B2O4. The molecule has 0 bridgehead atoms. The highest BCUT2D eigenvalue weighted by Gasteiger charge is 2.52. The third kappa shape index (κ3) is 3.53. The Morgan fingerprint density at radius 3 is 1.36 bits per heavy atom. The van der Waals surface area contributed by atoms with E-state index in [9.17, 15) is 0 Å². The third-order valence-corrected chi connectivity index (χ3v) is 8.93. The van der Waals surface area contributed by atoms with Gasteiger partial charge in [0.25, 0.3) is 0 Å². The molecule has 2 aliphatic heterocycles. The summed E-state index contributed by atoms with van der Waals surface area (Å²) < 4.78 is 25.2. The maximum absolute atomic E-state index is 6.33. The third-order valence-electron chi connectivity index (χ3n) is 8.93. The van der Waals surface area contributed by atoms with Gasteiger partial charge in [-0.15, -0.1) is 0 Å². The molecule has 4 nitrogen and oxygen atoms in total. The van der Waals surface area contributed by atoms with Crippen LogP contribution in [0.4, 0.5) is 0 Å². The van der Waals surface area contributed by atoms with Crippen LogP contribution in [-0.2, 0) is 18.6 Å². The molecule has 0 N–H and O–H groups in total. The molecule has 2 fully saturated rings. The normalized spacial score (nSPS) is 22.2. The van der Waals surface area contributed by atoms with Crippen LogP contribution in [0.2, 0.25) is 0 Å². The Labute approximate surface area is 214 Å². The zero-order chi connectivity index (χ0) is 25.7. The quantitative estimate of drug-likeness (QED) is 0.271. The summed E-state index contributed by atoms with van der Waals surface area (Å²) in [6.45, 7) is 16.7. The molecule has 6 heteroatoms. The second-order valence-corrected chi connectivity index (χ2v) is 12.4. The van der Waals surface area contributed by atoms with Crippen LogP contribution in [0.1, 0.15) is 55.4 Å². The molecule has 36 heavy (non-hydrogen) atoms. The molecule has 0 saturated carbocycles. The number of benzene rings is 4. The summed E-state index contributed by atoms with van der Waals surface area (Å²) in [6.07, 6.45) is 0. The van der Waals surface area contributed by atoms with Crippen LogP contribution in [0.15, 0.2) is 60.7 Å². The van der Waals surface area contributed by atoms with Gasteiger partial charge in [0, 0.05) is 0 Å². The van der Waals surface area contributed by atoms with E-state index in [0.29, 0.717) is 0 Å². The lowest BCUT2D eigenvalue weighted by Gasteiger charge is -2.32. The zero-order valence-electron chi connectivity index (χ0n) is 22.6. The molecule has 0 atom stereocenters. The SMILES string of the molecule is CC1(C)OB(c2ccc3c(ccc4c5cc(B6OC(C)(C)C(C)(C)O6)ccc5ccc34)c2)OC1(C)C. The van der Waals surface area contributed by atoms with E-state index in [2.05, 4.69) is 116 Å². The van der Waals surface area contributed by atoms with Gasteiger partial charge in [0.15, 0.2) is 0 Å². The fourth-order valence-corrected chi connectivity index (χ4v) is 5.16. The van der Waals surface area contributed by atoms with Gasteiger partial charge in [0.05, 0.1) is 22.4 Å². The minimum Gasteiger partial charge on any atom is -0.399 e. The van der Waals surface area contributed by atoms with Crippen molar-refractivity contribution < 1.29 is 18.6 Å². The van der Waals surface area contributed by atoms with E-state index >= 15 is 0 Å². The van der Waals surface area contributed by atoms with Crippen molar-refractivity contribution in [3.8, 4) is 0 Å². The Balaban J connectivity index is 1.42. The van der Waals surface area contributed by atoms with Crippen LogP contribution in [-0.4, -0.2) is 36.6 Å². The van der Waals surface area contributed by atoms with Crippen molar-refractivity contribution in [3.05, 3.63) is 60.7 Å². The molecular weight excluding hydrogens is 446 g/mol. The van der Waals surface area contributed by atoms with E-state index in [1.165, 1.54) is 32.3 Å². The maximum Gasteiger partial charge on any atom is 0.494 e. The Morgan fingerprint density at radius 1 is 0.417 bits per heavy atom. The van der Waals surface area contributed by atoms with Crippen LogP contribution in [0.5, 0.6) is 0 Å². The first-order valence-electron chi connectivity index (χ1n) is 12.9. The van der Waals surface area contributed by atoms with Crippen LogP contribution in [0.25, 0.3) is 32.3 Å². The highest BCUT2D eigenvalue weighted by atomic mass is 16.7. The lowest BCUT2D eigenvalue weighted by atomic mass is 9.77. The standard InChI is InChI=1S/C30H34B2O4/c1-27(2)28(3,4)34-31(33-27)21-13-16-23-20(17-21)11-15-25-24(23)14-10-19-9-12-22(18-26(19)25)32-35-29(5,6)30(7,8)36-32/h9-18H,1-8H3. The first kappa shape index (κ1) is 24.0. The molecule has 4 aromatic carbocycles. The Kier molecular flexibility index (Phi) is 5.05. The summed E-state index contributed by atoms with van der Waals surface area (Å²) in [4.78, 5) is 0. The Bertz CT molecular complexity index is 1490. The lowest BCUT2D eigenvalue weighted by molar-refractivity contribution is 0.00578. The smallest absolute Gasteiger partial charge is 0.399 e. The van der Waals surface area contributed by atoms with Gasteiger partial charge in [-0.3, -0.25) is 0 Å². The average molecular weight is 480 g/mol. The van der Waals surface area contributed by atoms with Gasteiger partial charge in [0.2, 0.25) is 0 Å². The van der Waals surface area contributed by atoms with Gasteiger partial charge in [-0.1, -0.05) is 60.7 Å². The molecule has 0 amide bonds. The van der Waals surface area contributed by atoms with Crippen molar-refractivity contribution >= 4 is 57.5 Å². The van der Waals surface area contributed by atoms with E-state index in [-0.39, 0.29) is 36.6 Å². The lowest BCUT2D eigenvalue weighted by Crippen LogP contribution is -2.41. The molecule has 0 aliphatic carbocycles. The molecule has 0 spiro atoms. The summed E-state index contributed by atoms with van der Waals surface area (Å²) in [5, 5.41) is 7.26. The summed E-state index contributed by atoms with van der Waals surface area (Å²) >= 11 is 0. The molecule has 0 unspecified atom stereocenters. The van der Waals surface area contributed by atoms with E-state index < -0.39 is 0 Å². The Hall–Kier alpha value is -2.37. The minimum atomic E-state index is -0.377. The first-order valence-corrected chi connectivity index (χ1v) is 12.9. The van der Waals surface area contributed by atoms with Crippen molar-refractivity contribution in [1.82, 2.24) is 0 Å². The highest BCUT2D eigenvalue weighted by Crippen LogP contribution is 2.38. The van der Waals surface area contributed by atoms with Crippen molar-refractivity contribution in [2.45, 2.75) is 77.8 Å². The highest BCUT2D eigenvalue weighted by molar-refractivity contribution is 6.63. The summed E-state index contributed by atoms with van der Waals surface area (Å²) in [5.41, 5.74) is 0.648. The fourth-order valence-electron chi connectivity index (χ4n) is 5.16. The molecule has 6 rings (SSSR count). The van der Waals surface area contributed by atoms with Gasteiger partial charge in [0.1, 0.15) is 0 Å². The van der Waals surface area contributed by atoms with E-state index in [0.717, 1.165) is 10.9 Å². The van der Waals surface area contributed by atoms with E-state index in [1.54, 1.807) is 0 Å². The van der Waals surface area contributed by atoms with Gasteiger partial charge in [-0.05, 0) is 98.6 Å². The summed E-state index contributed by atoms with van der Waals surface area (Å²) in [5.74, 6) is 0. The number of rotatable bonds is 2. The molecule has 2 saturated heterocycles. The van der Waals surface area contributed by atoms with E-state index in [1.807, 2.05) is 0 Å². The average Bonchev–Trinajstić information content (AvgIpc) is 3.17. The Morgan fingerprint density at radius 2 is 0.806 bits per heavy atom. The number of hydrogen-bond acceptors (Lipinski definition) is 4. The number of fused-ring (bicyclic) bond motifs is 5. The predicted molar refractivity (Wildman–Crippen MR) is 150 cm³/mol. The zero-order valence-corrected chi connectivity index (χ0v) is 22.6. The second kappa shape index (κ2) is 7.58. The molecule has 2 heterocycles. The van der Waals surface area contributed by atoms with Crippen molar-refractivity contribution in [3.63, 3.8) is 0 Å². The first-order chi connectivity index (χ1) is 16.8. The van der Waals surface area contributed by atoms with Gasteiger partial charge >= 0.3 is 14.2 Å². The molecule has 0 aromatic heterocycles. The van der Waals surface area contributed by atoms with Crippen molar-refractivity contribution in [2.24, 2.45) is 0 Å². The van der Waals surface area contributed by atoms with Crippen LogP contribution < -0.4 is 10.9 Å². The van der Waals surface area contributed by atoms with Crippen LogP contribution in [0, 0.1) is 0 Å². The van der Waals surface area contributed by atoms with Crippen molar-refractivity contribution in [1.29, 1.82) is 0 Å². The van der Waals surface area contributed by atoms with Crippen molar-refractivity contribution in [2.75, 3.05) is 0 Å². The molecule has 0 radical (unpaired) electrons. The molecule has 184 valence electrons. The van der Waals surface area contributed by atoms with Gasteiger partial charge in [-0.25, -0.2) is 0 Å². The molecule has 4 aromatic rings. The van der Waals surface area contributed by atoms with Gasteiger partial charge < -0.3 is 18.6 Å². The topological polar surface area (TPSA) is 36.9 Å². The predicted octanol–water partition coefficient (Wildman–Crippen LogP) is 5.74. The van der Waals surface area contributed by atoms with Crippen LogP contribution >= 0.6 is 0 Å². The second-order valence-electron chi connectivity index (χ2n) is 12.4. The number of hydrogen-bond donors (Lipinski definition) is 0. The minimum absolute atomic E-state index is 0.357. The fraction of sp³-hybridized carbons (Fsp3) is 0.400.